The molecule has 282 valence electrons. The van der Waals surface area contributed by atoms with Gasteiger partial charge in [0.1, 0.15) is 0 Å². The van der Waals surface area contributed by atoms with Crippen LogP contribution in [0.4, 0.5) is 11.6 Å². The fourth-order valence-electron chi connectivity index (χ4n) is 5.92. The Morgan fingerprint density at radius 3 is 1.80 bits per heavy atom. The average molecular weight is 968 g/mol. The minimum Gasteiger partial charge on any atom is -0.321 e. The molecule has 0 radical (unpaired) electrons. The molecule has 0 saturated carbocycles. The number of pyridine rings is 2. The van der Waals surface area contributed by atoms with Crippen molar-refractivity contribution in [2.45, 2.75) is 24.0 Å². The topological polar surface area (TPSA) is 155 Å². The van der Waals surface area contributed by atoms with Gasteiger partial charge in [0, 0.05) is 37.2 Å². The Bertz CT molecular complexity index is 2720. The van der Waals surface area contributed by atoms with Crippen molar-refractivity contribution in [2.75, 3.05) is 24.7 Å². The number of benzene rings is 2. The van der Waals surface area contributed by atoms with Crippen LogP contribution in [0.2, 0.25) is 20.1 Å². The molecule has 0 amide bonds. The molecule has 1 aliphatic rings. The van der Waals surface area contributed by atoms with Crippen LogP contribution in [0.1, 0.15) is 18.9 Å². The lowest BCUT2D eigenvalue weighted by atomic mass is 10.1. The molecule has 2 N–H and O–H groups in total. The van der Waals surface area contributed by atoms with Crippen molar-refractivity contribution in [3.8, 4) is 11.4 Å². The van der Waals surface area contributed by atoms with E-state index in [9.17, 15) is 13.8 Å². The Labute approximate surface area is 351 Å². The number of aromatic nitrogens is 8. The summed E-state index contributed by atoms with van der Waals surface area (Å²) >= 11 is 31.8. The largest absolute Gasteiger partial charge is 0.321 e. The summed E-state index contributed by atoms with van der Waals surface area (Å²) in [7, 11) is -1.34. The molecule has 1 fully saturated rings. The highest BCUT2D eigenvalue weighted by molar-refractivity contribution is 9.11. The zero-order valence-corrected chi connectivity index (χ0v) is 35.3. The summed E-state index contributed by atoms with van der Waals surface area (Å²) in [4.78, 5) is 42.9. The van der Waals surface area contributed by atoms with Crippen LogP contribution in [0.15, 0.2) is 97.3 Å². The van der Waals surface area contributed by atoms with Crippen molar-refractivity contribution in [1.82, 2.24) is 44.2 Å². The lowest BCUT2D eigenvalue weighted by Gasteiger charge is -2.22. The quantitative estimate of drug-likeness (QED) is 0.156. The minimum absolute atomic E-state index is 0.158. The number of nitrogens with zero attached hydrogens (tertiary/aromatic N) is 8. The number of hydrogen-bond acceptors (Lipinski definition) is 10. The van der Waals surface area contributed by atoms with Crippen molar-refractivity contribution in [3.05, 3.63) is 123 Å². The highest BCUT2D eigenvalue weighted by Crippen LogP contribution is 2.31. The molecule has 8 rings (SSSR count). The number of anilines is 2. The maximum absolute atomic E-state index is 13.1. The van der Waals surface area contributed by atoms with Crippen LogP contribution in [0.25, 0.3) is 33.2 Å². The number of rotatable bonds is 6. The molecule has 7 aromatic rings. The van der Waals surface area contributed by atoms with Gasteiger partial charge in [-0.3, -0.25) is 27.6 Å². The van der Waals surface area contributed by atoms with Crippen LogP contribution in [0.3, 0.4) is 0 Å². The first kappa shape index (κ1) is 39.5. The molecule has 13 nitrogen and oxygen atoms in total. The van der Waals surface area contributed by atoms with Crippen LogP contribution >= 0.6 is 78.3 Å². The second kappa shape index (κ2) is 16.8. The molecular weight excluding hydrogens is 942 g/mol. The lowest BCUT2D eigenvalue weighted by Crippen LogP contribution is -2.29. The van der Waals surface area contributed by atoms with E-state index in [2.05, 4.69) is 67.5 Å². The van der Waals surface area contributed by atoms with Crippen molar-refractivity contribution < 1.29 is 4.21 Å². The van der Waals surface area contributed by atoms with Crippen LogP contribution in [0, 0.1) is 0 Å². The summed E-state index contributed by atoms with van der Waals surface area (Å²) in [5.74, 6) is 0.371. The standard InChI is InChI=1S/C21H18BrCl2N7O.C14H8BrCl2N3O2S/c22-15-11-30(19-16(23)2-1-3-17(19)24)20(32)14-9-26-21(29-18(14)15)28-12-8-27-31(10-12)13-4-6-25-7-5-13;1-23(22)14-18-5-7-11(19-14)8(15)6-20(13(7)21)12-9(16)3-2-4-10(12)17/h1-3,8-11,13,25H,4-7H2,(H,26,28,29);2-6H,1H3. The number of piperidine rings is 1. The third-order valence-electron chi connectivity index (χ3n) is 8.55. The molecule has 6 heterocycles. The van der Waals surface area contributed by atoms with Gasteiger partial charge in [0.15, 0.2) is 0 Å². The molecule has 1 unspecified atom stereocenters. The van der Waals surface area contributed by atoms with E-state index in [1.807, 2.05) is 10.9 Å². The first-order chi connectivity index (χ1) is 26.4. The summed E-state index contributed by atoms with van der Waals surface area (Å²) in [6.07, 6.45) is 13.3. The number of nitrogens with one attached hydrogen (secondary N) is 2. The van der Waals surface area contributed by atoms with Crippen molar-refractivity contribution in [2.24, 2.45) is 0 Å². The smallest absolute Gasteiger partial charge is 0.266 e. The van der Waals surface area contributed by atoms with E-state index < -0.39 is 10.8 Å². The SMILES string of the molecule is CS(=O)c1ncc2c(=O)n(-c3c(Cl)cccc3Cl)cc(Br)c2n1.O=c1c2cnc(Nc3cnn(C4CCNCC4)c3)nc2c(Br)cn1-c1c(Cl)cccc1Cl. The second-order valence-electron chi connectivity index (χ2n) is 12.1. The number of fused-ring (bicyclic) bond motifs is 2. The molecular formula is C35H26Br2Cl4N10O3S. The van der Waals surface area contributed by atoms with Gasteiger partial charge >= 0.3 is 0 Å². The van der Waals surface area contributed by atoms with E-state index in [4.69, 9.17) is 46.4 Å². The van der Waals surface area contributed by atoms with Crippen LogP contribution in [0.5, 0.6) is 0 Å². The average Bonchev–Trinajstić information content (AvgIpc) is 3.64. The zero-order chi connectivity index (χ0) is 39.0. The molecule has 2 aromatic carbocycles. The summed E-state index contributed by atoms with van der Waals surface area (Å²) in [6, 6.07) is 10.5. The van der Waals surface area contributed by atoms with Gasteiger partial charge in [0.25, 0.3) is 11.1 Å². The molecule has 20 heteroatoms. The van der Waals surface area contributed by atoms with Crippen LogP contribution < -0.4 is 21.8 Å². The fourth-order valence-corrected chi connectivity index (χ4v) is 8.52. The van der Waals surface area contributed by atoms with Gasteiger partial charge in [0.2, 0.25) is 11.1 Å². The molecule has 0 aliphatic carbocycles. The zero-order valence-electron chi connectivity index (χ0n) is 28.3. The third kappa shape index (κ3) is 8.23. The van der Waals surface area contributed by atoms with Gasteiger partial charge in [-0.1, -0.05) is 58.5 Å². The molecule has 0 spiro atoms. The number of para-hydroxylation sites is 2. The maximum Gasteiger partial charge on any atom is 0.266 e. The Hall–Kier alpha value is -3.74. The predicted molar refractivity (Wildman–Crippen MR) is 225 cm³/mol. The predicted octanol–water partition coefficient (Wildman–Crippen LogP) is 8.30. The lowest BCUT2D eigenvalue weighted by molar-refractivity contribution is 0.343. The number of hydrogen-bond donors (Lipinski definition) is 2. The fraction of sp³-hybridized carbons (Fsp3) is 0.171. The second-order valence-corrected chi connectivity index (χ2v) is 16.7. The molecule has 0 bridgehead atoms. The van der Waals surface area contributed by atoms with E-state index in [1.165, 1.54) is 34.0 Å². The minimum atomic E-state index is -1.34. The summed E-state index contributed by atoms with van der Waals surface area (Å²) in [5, 5.41) is 13.2. The van der Waals surface area contributed by atoms with Crippen molar-refractivity contribution in [3.63, 3.8) is 0 Å². The first-order valence-electron chi connectivity index (χ1n) is 16.3. The van der Waals surface area contributed by atoms with Crippen LogP contribution in [-0.4, -0.2) is 62.4 Å². The Balaban J connectivity index is 0.000000179. The highest BCUT2D eigenvalue weighted by Gasteiger charge is 2.19. The van der Waals surface area contributed by atoms with Gasteiger partial charge in [-0.2, -0.15) is 5.10 Å². The van der Waals surface area contributed by atoms with Crippen molar-refractivity contribution >= 4 is 123 Å². The van der Waals surface area contributed by atoms with E-state index >= 15 is 0 Å². The third-order valence-corrected chi connectivity index (χ3v) is 11.6. The van der Waals surface area contributed by atoms with Crippen molar-refractivity contribution in [1.29, 1.82) is 0 Å². The maximum atomic E-state index is 13.1. The molecule has 1 saturated heterocycles. The highest BCUT2D eigenvalue weighted by atomic mass is 79.9. The Morgan fingerprint density at radius 2 is 1.27 bits per heavy atom. The molecule has 5 aromatic heterocycles. The van der Waals surface area contributed by atoms with E-state index in [-0.39, 0.29) is 21.7 Å². The van der Waals surface area contributed by atoms with Gasteiger partial charge in [-0.05, 0) is 82.1 Å². The summed E-state index contributed by atoms with van der Waals surface area (Å²) in [5.41, 5.74) is 1.76. The molecule has 1 atom stereocenters. The summed E-state index contributed by atoms with van der Waals surface area (Å²) in [6.45, 7) is 1.98. The van der Waals surface area contributed by atoms with E-state index in [0.29, 0.717) is 68.8 Å². The van der Waals surface area contributed by atoms with Gasteiger partial charge < -0.3 is 10.6 Å². The molecule has 55 heavy (non-hydrogen) atoms. The van der Waals surface area contributed by atoms with E-state index in [0.717, 1.165) is 31.6 Å². The van der Waals surface area contributed by atoms with Gasteiger partial charge in [0.05, 0.1) is 90.9 Å². The van der Waals surface area contributed by atoms with Gasteiger partial charge in [-0.25, -0.2) is 19.9 Å². The van der Waals surface area contributed by atoms with Crippen LogP contribution in [-0.2, 0) is 10.8 Å². The summed E-state index contributed by atoms with van der Waals surface area (Å²) < 4.78 is 17.4. The Kier molecular flexibility index (Phi) is 12.0. The van der Waals surface area contributed by atoms with E-state index in [1.54, 1.807) is 48.8 Å². The number of halogens is 6. The first-order valence-corrected chi connectivity index (χ1v) is 21.0. The monoisotopic (exact) mass is 964 g/mol. The molecule has 1 aliphatic heterocycles. The van der Waals surface area contributed by atoms with Gasteiger partial charge in [-0.15, -0.1) is 0 Å². The Morgan fingerprint density at radius 1 is 0.764 bits per heavy atom. The normalized spacial score (nSPS) is 13.8.